The second-order valence-electron chi connectivity index (χ2n) is 8.33. The first-order valence-corrected chi connectivity index (χ1v) is 12.2. The van der Waals surface area contributed by atoms with E-state index < -0.39 is 17.6 Å². The zero-order valence-electron chi connectivity index (χ0n) is 18.4. The number of thiophene rings is 1. The van der Waals surface area contributed by atoms with E-state index in [1.807, 2.05) is 42.6 Å². The number of aryl methyl sites for hydroxylation is 1. The molecule has 5 N–H and O–H groups in total. The number of aliphatic hydroxyl groups is 1. The number of piperidine rings is 1. The summed E-state index contributed by atoms with van der Waals surface area (Å²) in [4.78, 5) is 14.0. The molecule has 6 nitrogen and oxygen atoms in total. The van der Waals surface area contributed by atoms with Crippen molar-refractivity contribution in [2.75, 3.05) is 18.4 Å². The molecule has 3 atom stereocenters. The number of benzene rings is 1. The molecular weight excluding hydrogens is 440 g/mol. The van der Waals surface area contributed by atoms with E-state index in [4.69, 9.17) is 12.6 Å². The summed E-state index contributed by atoms with van der Waals surface area (Å²) in [5.41, 5.74) is 0.291. The predicted octanol–water partition coefficient (Wildman–Crippen LogP) is 2.72. The van der Waals surface area contributed by atoms with E-state index in [-0.39, 0.29) is 10.9 Å². The second kappa shape index (κ2) is 10.9. The number of nitrogens with one attached hydrogen (secondary N) is 2. The van der Waals surface area contributed by atoms with Gasteiger partial charge in [-0.2, -0.15) is 5.26 Å². The molecule has 0 aliphatic carbocycles. The first-order valence-electron chi connectivity index (χ1n) is 10.9. The average molecular weight is 471 g/mol. The number of amides is 1. The van der Waals surface area contributed by atoms with E-state index >= 15 is 0 Å². The standard InChI is InChI=1S/C19H19N3O2S2.C5H11N/c1-11-6-3-4-7-13(11)21-17(23)16-15(14-8-5-9-26-14)12(10-20)18(25)22-19(16,2)24;1-2-4-6-5-3-1/h3-9,15-16,22,24-25H,1-2H3,(H,21,23);6H,1-5H2. The third kappa shape index (κ3) is 5.67. The van der Waals surface area contributed by atoms with Crippen LogP contribution < -0.4 is 16.0 Å². The van der Waals surface area contributed by atoms with Crippen molar-refractivity contribution in [1.29, 1.82) is 5.26 Å². The van der Waals surface area contributed by atoms with Crippen LogP contribution in [0.3, 0.4) is 0 Å². The van der Waals surface area contributed by atoms with Gasteiger partial charge in [-0.1, -0.05) is 29.3 Å². The number of para-hydroxylation sites is 1. The Morgan fingerprint density at radius 3 is 2.53 bits per heavy atom. The van der Waals surface area contributed by atoms with E-state index in [2.05, 4.69) is 22.0 Å². The summed E-state index contributed by atoms with van der Waals surface area (Å²) in [6, 6.07) is 13.2. The molecule has 3 heterocycles. The minimum atomic E-state index is -1.58. The minimum absolute atomic E-state index is 0.177. The summed E-state index contributed by atoms with van der Waals surface area (Å²) in [5.74, 6) is -1.89. The zero-order chi connectivity index (χ0) is 23.1. The molecule has 0 spiro atoms. The number of hydrogen-bond donors (Lipinski definition) is 4. The summed E-state index contributed by atoms with van der Waals surface area (Å²) < 4.78 is 0. The fourth-order valence-electron chi connectivity index (χ4n) is 4.13. The lowest BCUT2D eigenvalue weighted by Crippen LogP contribution is -2.85. The molecule has 1 fully saturated rings. The molecule has 170 valence electrons. The van der Waals surface area contributed by atoms with Crippen LogP contribution >= 0.6 is 11.3 Å². The van der Waals surface area contributed by atoms with Crippen molar-refractivity contribution < 1.29 is 15.2 Å². The molecule has 32 heavy (non-hydrogen) atoms. The number of nitrogens with zero attached hydrogens (tertiary/aromatic N) is 1. The van der Waals surface area contributed by atoms with E-state index in [0.717, 1.165) is 10.4 Å². The van der Waals surface area contributed by atoms with Crippen molar-refractivity contribution in [3.8, 4) is 6.07 Å². The van der Waals surface area contributed by atoms with Crippen LogP contribution in [0.25, 0.3) is 0 Å². The minimum Gasteiger partial charge on any atom is -0.762 e. The molecular formula is C24H30N4O2S2. The number of carbonyl (C=O) groups excluding carboxylic acids is 1. The summed E-state index contributed by atoms with van der Waals surface area (Å²) in [6.07, 6.45) is 4.36. The summed E-state index contributed by atoms with van der Waals surface area (Å²) in [6.45, 7) is 6.15. The van der Waals surface area contributed by atoms with Gasteiger partial charge in [0, 0.05) is 22.1 Å². The van der Waals surface area contributed by atoms with Gasteiger partial charge in [-0.3, -0.25) is 4.79 Å². The van der Waals surface area contributed by atoms with Crippen molar-refractivity contribution in [1.82, 2.24) is 5.32 Å². The second-order valence-corrected chi connectivity index (χ2v) is 9.72. The van der Waals surface area contributed by atoms with E-state index in [1.165, 1.54) is 50.6 Å². The van der Waals surface area contributed by atoms with Gasteiger partial charge in [-0.15, -0.1) is 11.3 Å². The van der Waals surface area contributed by atoms with Gasteiger partial charge in [0.2, 0.25) is 5.91 Å². The first kappa shape index (κ1) is 24.2. The van der Waals surface area contributed by atoms with E-state index in [0.29, 0.717) is 11.3 Å². The maximum absolute atomic E-state index is 13.1. The Morgan fingerprint density at radius 2 is 2.00 bits per heavy atom. The maximum Gasteiger partial charge on any atom is 0.233 e. The molecule has 4 rings (SSSR count). The molecule has 8 heteroatoms. The van der Waals surface area contributed by atoms with Gasteiger partial charge in [0.05, 0.1) is 25.1 Å². The smallest absolute Gasteiger partial charge is 0.233 e. The third-order valence-corrected chi connectivity index (χ3v) is 7.11. The molecule has 2 aliphatic rings. The van der Waals surface area contributed by atoms with Crippen molar-refractivity contribution in [2.45, 2.75) is 44.8 Å². The van der Waals surface area contributed by atoms with Crippen LogP contribution in [0.4, 0.5) is 5.69 Å². The fraction of sp³-hybridized carbons (Fsp3) is 0.417. The molecule has 2 aromatic rings. The Hall–Kier alpha value is -2.44. The lowest BCUT2D eigenvalue weighted by molar-refractivity contribution is -0.662. The third-order valence-electron chi connectivity index (χ3n) is 5.83. The van der Waals surface area contributed by atoms with Crippen LogP contribution in [-0.4, -0.2) is 29.8 Å². The highest BCUT2D eigenvalue weighted by Gasteiger charge is 2.48. The summed E-state index contributed by atoms with van der Waals surface area (Å²) in [5, 5.41) is 30.6. The number of nitriles is 1. The quantitative estimate of drug-likeness (QED) is 0.517. The highest BCUT2D eigenvalue weighted by Crippen LogP contribution is 2.44. The number of nitrogens with two attached hydrogens (primary N) is 1. The number of allylic oxidation sites excluding steroid dienone is 1. The monoisotopic (exact) mass is 470 g/mol. The van der Waals surface area contributed by atoms with Gasteiger partial charge in [0.1, 0.15) is 5.72 Å². The molecule has 1 aromatic heterocycles. The van der Waals surface area contributed by atoms with Crippen molar-refractivity contribution >= 4 is 35.6 Å². The van der Waals surface area contributed by atoms with E-state index in [9.17, 15) is 15.2 Å². The molecule has 1 amide bonds. The highest BCUT2D eigenvalue weighted by molar-refractivity contribution is 7.63. The van der Waals surface area contributed by atoms with Gasteiger partial charge in [0.25, 0.3) is 0 Å². The largest absolute Gasteiger partial charge is 0.762 e. The Morgan fingerprint density at radius 1 is 1.28 bits per heavy atom. The Labute approximate surface area is 199 Å². The van der Waals surface area contributed by atoms with Gasteiger partial charge < -0.3 is 33.7 Å². The topological polar surface area (TPSA) is 102 Å². The van der Waals surface area contributed by atoms with Crippen LogP contribution in [0.2, 0.25) is 0 Å². The fourth-order valence-corrected chi connectivity index (χ4v) is 5.38. The van der Waals surface area contributed by atoms with Crippen LogP contribution in [0.1, 0.15) is 42.5 Å². The molecule has 0 radical (unpaired) electrons. The van der Waals surface area contributed by atoms with Crippen LogP contribution in [0.5, 0.6) is 0 Å². The number of hydrogen-bond acceptors (Lipinski definition) is 6. The van der Waals surface area contributed by atoms with Gasteiger partial charge in [-0.25, -0.2) is 0 Å². The number of anilines is 1. The summed E-state index contributed by atoms with van der Waals surface area (Å²) >= 11 is 6.69. The lowest BCUT2D eigenvalue weighted by Gasteiger charge is -2.45. The molecule has 2 aliphatic heterocycles. The van der Waals surface area contributed by atoms with Crippen molar-refractivity contribution in [2.24, 2.45) is 5.92 Å². The molecule has 0 saturated carbocycles. The molecule has 1 aromatic carbocycles. The van der Waals surface area contributed by atoms with Crippen molar-refractivity contribution in [3.63, 3.8) is 0 Å². The Kier molecular flexibility index (Phi) is 8.26. The predicted molar refractivity (Wildman–Crippen MR) is 130 cm³/mol. The Bertz CT molecular complexity index is 980. The number of carbonyl (C=O) groups is 1. The molecule has 3 unspecified atom stereocenters. The normalized spacial score (nSPS) is 25.1. The number of quaternary nitrogens is 1. The summed E-state index contributed by atoms with van der Waals surface area (Å²) in [7, 11) is 0. The van der Waals surface area contributed by atoms with E-state index in [1.54, 1.807) is 6.07 Å². The maximum atomic E-state index is 13.1. The van der Waals surface area contributed by atoms with Crippen molar-refractivity contribution in [3.05, 3.63) is 62.8 Å². The Balaban J connectivity index is 0.000000416. The van der Waals surface area contributed by atoms with Crippen LogP contribution in [0.15, 0.2) is 52.4 Å². The molecule has 0 bridgehead atoms. The zero-order valence-corrected chi connectivity index (χ0v) is 20.1. The highest BCUT2D eigenvalue weighted by atomic mass is 32.1. The average Bonchev–Trinajstić information content (AvgIpc) is 3.30. The first-order chi connectivity index (χ1) is 15.3. The number of rotatable bonds is 3. The van der Waals surface area contributed by atoms with Crippen LogP contribution in [-0.2, 0) is 17.4 Å². The molecule has 1 saturated heterocycles. The van der Waals surface area contributed by atoms with Gasteiger partial charge in [-0.05, 0) is 56.2 Å². The van der Waals surface area contributed by atoms with Gasteiger partial charge >= 0.3 is 0 Å². The van der Waals surface area contributed by atoms with Gasteiger partial charge in [0.15, 0.2) is 0 Å². The SMILES string of the molecule is C1CC[NH2+]CC1.Cc1ccccc1NC(=O)C1C(c2cccs2)C(C#N)=C([S-])NC1(C)O. The lowest BCUT2D eigenvalue weighted by atomic mass is 9.76. The van der Waals surface area contributed by atoms with Crippen LogP contribution in [0, 0.1) is 24.2 Å².